The van der Waals surface area contributed by atoms with E-state index in [9.17, 15) is 4.79 Å². The summed E-state index contributed by atoms with van der Waals surface area (Å²) in [6.07, 6.45) is 13.2. The van der Waals surface area contributed by atoms with Crippen molar-refractivity contribution < 1.29 is 14.3 Å². The number of carbonyl (C=O) groups excluding carboxylic acids is 1. The summed E-state index contributed by atoms with van der Waals surface area (Å²) in [6.45, 7) is 3.21. The maximum atomic E-state index is 13.5. The summed E-state index contributed by atoms with van der Waals surface area (Å²) < 4.78 is 11.6. The van der Waals surface area contributed by atoms with E-state index in [1.807, 2.05) is 12.1 Å². The molecule has 0 bridgehead atoms. The minimum atomic E-state index is 0.184. The van der Waals surface area contributed by atoms with E-state index in [0.717, 1.165) is 75.1 Å². The third-order valence-electron chi connectivity index (χ3n) is 8.76. The topological polar surface area (TPSA) is 50.8 Å². The Balaban J connectivity index is 1.06. The summed E-state index contributed by atoms with van der Waals surface area (Å²) in [4.78, 5) is 15.6. The molecule has 36 heavy (non-hydrogen) atoms. The summed E-state index contributed by atoms with van der Waals surface area (Å²) in [5.41, 5.74) is 6.27. The molecule has 1 saturated heterocycles. The van der Waals surface area contributed by atoms with Gasteiger partial charge in [-0.1, -0.05) is 37.5 Å². The van der Waals surface area contributed by atoms with Crippen LogP contribution in [0.3, 0.4) is 0 Å². The maximum absolute atomic E-state index is 13.5. The lowest BCUT2D eigenvalue weighted by molar-refractivity contribution is 0.0638. The number of hydrogen-bond acceptors (Lipinski definition) is 4. The largest absolute Gasteiger partial charge is 0.491 e. The van der Waals surface area contributed by atoms with E-state index in [1.54, 1.807) is 0 Å². The normalized spacial score (nSPS) is 24.4. The van der Waals surface area contributed by atoms with Gasteiger partial charge >= 0.3 is 0 Å². The lowest BCUT2D eigenvalue weighted by Gasteiger charge is -2.38. The van der Waals surface area contributed by atoms with Gasteiger partial charge in [0.15, 0.2) is 0 Å². The van der Waals surface area contributed by atoms with Crippen LogP contribution in [0, 0.1) is 0 Å². The van der Waals surface area contributed by atoms with Crippen LogP contribution in [0.1, 0.15) is 84.0 Å². The highest BCUT2D eigenvalue weighted by molar-refractivity contribution is 5.97. The number of fused-ring (bicyclic) bond motifs is 2. The number of rotatable bonds is 7. The van der Waals surface area contributed by atoms with Gasteiger partial charge in [0.25, 0.3) is 5.91 Å². The summed E-state index contributed by atoms with van der Waals surface area (Å²) in [6, 6.07) is 14.0. The quantitative estimate of drug-likeness (QED) is 0.580. The predicted octanol–water partition coefficient (Wildman–Crippen LogP) is 5.22. The predicted molar refractivity (Wildman–Crippen MR) is 142 cm³/mol. The number of nitrogens with one attached hydrogen (secondary N) is 1. The van der Waals surface area contributed by atoms with Gasteiger partial charge in [-0.05, 0) is 91.8 Å². The first-order chi connectivity index (χ1) is 17.7. The van der Waals surface area contributed by atoms with Crippen molar-refractivity contribution in [3.8, 4) is 5.75 Å². The van der Waals surface area contributed by atoms with Crippen molar-refractivity contribution in [3.05, 3.63) is 64.2 Å². The fourth-order valence-electron chi connectivity index (χ4n) is 6.62. The molecule has 1 N–H and O–H groups in total. The van der Waals surface area contributed by atoms with Crippen LogP contribution in [0.2, 0.25) is 0 Å². The molecule has 192 valence electrons. The molecule has 2 aromatic carbocycles. The van der Waals surface area contributed by atoms with Gasteiger partial charge in [-0.15, -0.1) is 0 Å². The average Bonchev–Trinajstić information content (AvgIpc) is 3.45. The van der Waals surface area contributed by atoms with E-state index in [2.05, 4.69) is 34.5 Å². The molecule has 1 saturated carbocycles. The second-order valence-corrected chi connectivity index (χ2v) is 11.2. The average molecular weight is 489 g/mol. The van der Waals surface area contributed by atoms with Gasteiger partial charge in [0, 0.05) is 37.3 Å². The van der Waals surface area contributed by atoms with E-state index < -0.39 is 0 Å². The molecule has 0 radical (unpaired) electrons. The number of benzene rings is 2. The van der Waals surface area contributed by atoms with Crippen molar-refractivity contribution in [3.63, 3.8) is 0 Å². The van der Waals surface area contributed by atoms with Gasteiger partial charge in [-0.25, -0.2) is 0 Å². The summed E-state index contributed by atoms with van der Waals surface area (Å²) in [7, 11) is 0. The highest BCUT2D eigenvalue weighted by Gasteiger charge is 2.32. The molecule has 1 amide bonds. The maximum Gasteiger partial charge on any atom is 0.254 e. The Bertz CT molecular complexity index is 1070. The zero-order chi connectivity index (χ0) is 24.3. The first-order valence-electron chi connectivity index (χ1n) is 14.3. The molecule has 2 atom stereocenters. The molecule has 0 spiro atoms. The Hall–Kier alpha value is -2.37. The third kappa shape index (κ3) is 5.33. The Kier molecular flexibility index (Phi) is 7.29. The minimum absolute atomic E-state index is 0.184. The number of aryl methyl sites for hydroxylation is 1. The number of amides is 1. The third-order valence-corrected chi connectivity index (χ3v) is 8.76. The molecule has 2 aliphatic heterocycles. The minimum Gasteiger partial charge on any atom is -0.491 e. The molecule has 2 heterocycles. The molecule has 4 aliphatic rings. The molecule has 2 aliphatic carbocycles. The Morgan fingerprint density at radius 1 is 0.917 bits per heavy atom. The van der Waals surface area contributed by atoms with E-state index in [4.69, 9.17) is 9.47 Å². The van der Waals surface area contributed by atoms with Crippen LogP contribution in [0.4, 0.5) is 0 Å². The zero-order valence-corrected chi connectivity index (χ0v) is 21.5. The molecule has 2 aromatic rings. The monoisotopic (exact) mass is 488 g/mol. The van der Waals surface area contributed by atoms with Gasteiger partial charge in [0.1, 0.15) is 12.4 Å². The first kappa shape index (κ1) is 24.0. The molecular weight excluding hydrogens is 448 g/mol. The van der Waals surface area contributed by atoms with Gasteiger partial charge in [0.05, 0.1) is 6.10 Å². The Morgan fingerprint density at radius 3 is 2.69 bits per heavy atom. The van der Waals surface area contributed by atoms with E-state index >= 15 is 0 Å². The molecule has 6 rings (SSSR count). The summed E-state index contributed by atoms with van der Waals surface area (Å²) in [5.74, 6) is 1.04. The van der Waals surface area contributed by atoms with E-state index in [-0.39, 0.29) is 12.0 Å². The van der Waals surface area contributed by atoms with Crippen LogP contribution in [0.5, 0.6) is 5.75 Å². The van der Waals surface area contributed by atoms with Gasteiger partial charge in [-0.2, -0.15) is 0 Å². The lowest BCUT2D eigenvalue weighted by Crippen LogP contribution is -2.47. The van der Waals surface area contributed by atoms with Crippen molar-refractivity contribution >= 4 is 5.91 Å². The van der Waals surface area contributed by atoms with Crippen molar-refractivity contribution in [1.29, 1.82) is 0 Å². The zero-order valence-electron chi connectivity index (χ0n) is 21.5. The molecule has 0 aromatic heterocycles. The first-order valence-corrected chi connectivity index (χ1v) is 14.3. The van der Waals surface area contributed by atoms with Crippen LogP contribution in [0.25, 0.3) is 0 Å². The highest BCUT2D eigenvalue weighted by Crippen LogP contribution is 2.31. The van der Waals surface area contributed by atoms with Gasteiger partial charge in [-0.3, -0.25) is 4.79 Å². The van der Waals surface area contributed by atoms with Crippen LogP contribution in [-0.4, -0.2) is 48.8 Å². The van der Waals surface area contributed by atoms with Crippen LogP contribution in [-0.2, 0) is 30.5 Å². The fourth-order valence-corrected chi connectivity index (χ4v) is 6.62. The van der Waals surface area contributed by atoms with Crippen molar-refractivity contribution in [2.75, 3.05) is 19.8 Å². The van der Waals surface area contributed by atoms with E-state index in [0.29, 0.717) is 18.7 Å². The number of ether oxygens (including phenoxy) is 2. The van der Waals surface area contributed by atoms with Crippen molar-refractivity contribution in [2.45, 2.75) is 95.4 Å². The number of hydrogen-bond donors (Lipinski definition) is 1. The molecule has 0 unspecified atom stereocenters. The van der Waals surface area contributed by atoms with Crippen molar-refractivity contribution in [1.82, 2.24) is 10.2 Å². The summed E-state index contributed by atoms with van der Waals surface area (Å²) in [5, 5.41) is 3.78. The molecule has 5 nitrogen and oxygen atoms in total. The second kappa shape index (κ2) is 10.9. The van der Waals surface area contributed by atoms with E-state index in [1.165, 1.54) is 48.8 Å². The smallest absolute Gasteiger partial charge is 0.254 e. The SMILES string of the molecule is O=C1c2ccc(OC[C@@H]3CCCO3)cc2CCN1[C@H]1CCc2cc(CNC3CCCCC3)ccc2C1. The number of nitrogens with zero attached hydrogens (tertiary/aromatic N) is 1. The Morgan fingerprint density at radius 2 is 1.83 bits per heavy atom. The number of carbonyl (C=O) groups is 1. The molecule has 2 fully saturated rings. The standard InChI is InChI=1S/C31H40N2O3/c34-31-30-13-12-28(36-21-29-7-4-16-35-29)19-25(30)14-15-33(31)27-11-10-23-17-22(8-9-24(23)18-27)20-32-26-5-2-1-3-6-26/h8-9,12-13,17,19,26-27,29,32H,1-7,10-11,14-16,18,20-21H2/t27-,29-/m0/s1. The molecular formula is C31H40N2O3. The molecule has 5 heteroatoms. The Labute approximate surface area is 215 Å². The van der Waals surface area contributed by atoms with Crippen LogP contribution < -0.4 is 10.1 Å². The fraction of sp³-hybridized carbons (Fsp3) is 0.581. The van der Waals surface area contributed by atoms with Crippen LogP contribution >= 0.6 is 0 Å². The highest BCUT2D eigenvalue weighted by atomic mass is 16.5. The van der Waals surface area contributed by atoms with Gasteiger partial charge in [0.2, 0.25) is 0 Å². The summed E-state index contributed by atoms with van der Waals surface area (Å²) >= 11 is 0. The second-order valence-electron chi connectivity index (χ2n) is 11.2. The van der Waals surface area contributed by atoms with Crippen molar-refractivity contribution in [2.24, 2.45) is 0 Å². The van der Waals surface area contributed by atoms with Gasteiger partial charge < -0.3 is 19.7 Å². The lowest BCUT2D eigenvalue weighted by atomic mass is 9.85. The van der Waals surface area contributed by atoms with Crippen LogP contribution in [0.15, 0.2) is 36.4 Å².